The van der Waals surface area contributed by atoms with Crippen molar-refractivity contribution in [2.45, 2.75) is 0 Å². The van der Waals surface area contributed by atoms with Crippen LogP contribution in [0.1, 0.15) is 9.67 Å². The van der Waals surface area contributed by atoms with E-state index in [1.54, 1.807) is 6.33 Å². The Morgan fingerprint density at radius 2 is 1.73 bits per heavy atom. The zero-order valence-corrected chi connectivity index (χ0v) is 14.6. The van der Waals surface area contributed by atoms with Crippen LogP contribution in [0, 0.1) is 0 Å². The summed E-state index contributed by atoms with van der Waals surface area (Å²) in [5.41, 5.74) is 3.70. The number of nitrogens with zero attached hydrogens (tertiary/aromatic N) is 5. The van der Waals surface area contributed by atoms with Gasteiger partial charge in [-0.05, 0) is 23.3 Å². The van der Waals surface area contributed by atoms with Gasteiger partial charge < -0.3 is 14.9 Å². The molecule has 0 bridgehead atoms. The molecule has 0 fully saturated rings. The molecule has 0 spiro atoms. The molecule has 0 amide bonds. The number of hydrogen-bond acceptors (Lipinski definition) is 7. The summed E-state index contributed by atoms with van der Waals surface area (Å²) in [6.07, 6.45) is 3.06. The number of aromatic nitrogens is 3. The third-order valence-electron chi connectivity index (χ3n) is 4.82. The molecule has 1 N–H and O–H groups in total. The van der Waals surface area contributed by atoms with Gasteiger partial charge in [0.1, 0.15) is 17.0 Å². The highest BCUT2D eigenvalue weighted by Crippen LogP contribution is 2.34. The van der Waals surface area contributed by atoms with Crippen molar-refractivity contribution < 1.29 is 9.90 Å². The van der Waals surface area contributed by atoms with Crippen LogP contribution in [0.3, 0.4) is 0 Å². The Bertz CT molecular complexity index is 1040. The molecule has 0 saturated heterocycles. The van der Waals surface area contributed by atoms with Gasteiger partial charge in [0.25, 0.3) is 0 Å². The maximum Gasteiger partial charge on any atom is 0.347 e. The molecule has 7 nitrogen and oxygen atoms in total. The molecule has 130 valence electrons. The van der Waals surface area contributed by atoms with Crippen LogP contribution in [0.15, 0.2) is 47.9 Å². The highest BCUT2D eigenvalue weighted by atomic mass is 32.1. The first kappa shape index (κ1) is 15.3. The van der Waals surface area contributed by atoms with E-state index in [4.69, 9.17) is 5.11 Å². The Kier molecular flexibility index (Phi) is 3.39. The number of anilines is 2. The normalized spacial score (nSPS) is 16.6. The van der Waals surface area contributed by atoms with Crippen molar-refractivity contribution in [3.8, 4) is 0 Å². The third kappa shape index (κ3) is 2.41. The largest absolute Gasteiger partial charge is 0.477 e. The fraction of sp³-hybridized carbons (Fsp3) is 0.222. The fourth-order valence-electron chi connectivity index (χ4n) is 3.62. The molecule has 2 aliphatic rings. The van der Waals surface area contributed by atoms with Crippen LogP contribution >= 0.6 is 11.3 Å². The van der Waals surface area contributed by atoms with Gasteiger partial charge in [-0.3, -0.25) is 0 Å². The molecule has 26 heavy (non-hydrogen) atoms. The van der Waals surface area contributed by atoms with E-state index in [9.17, 15) is 4.79 Å². The molecule has 8 heteroatoms. The van der Waals surface area contributed by atoms with Crippen LogP contribution in [0.4, 0.5) is 10.9 Å². The monoisotopic (exact) mass is 365 g/mol. The molecule has 2 aromatic heterocycles. The second-order valence-corrected chi connectivity index (χ2v) is 7.45. The molecule has 2 aliphatic heterocycles. The lowest BCUT2D eigenvalue weighted by Crippen LogP contribution is -2.30. The minimum atomic E-state index is -0.921. The zero-order valence-electron chi connectivity index (χ0n) is 13.8. The van der Waals surface area contributed by atoms with E-state index >= 15 is 0 Å². The number of fused-ring (bicyclic) bond motifs is 1. The molecule has 3 aromatic rings. The Labute approximate surface area is 153 Å². The fourth-order valence-corrected chi connectivity index (χ4v) is 4.37. The summed E-state index contributed by atoms with van der Waals surface area (Å²) in [4.78, 5) is 28.9. The number of carboxylic acid groups (broad SMARTS) is 1. The van der Waals surface area contributed by atoms with E-state index in [1.807, 2.05) is 18.2 Å². The summed E-state index contributed by atoms with van der Waals surface area (Å²) in [7, 11) is 0. The van der Waals surface area contributed by atoms with Crippen LogP contribution in [0.25, 0.3) is 10.9 Å². The minimum absolute atomic E-state index is 0.279. The molecule has 0 aliphatic carbocycles. The number of hydrogen-bond donors (Lipinski definition) is 1. The van der Waals surface area contributed by atoms with E-state index in [-0.39, 0.29) is 4.88 Å². The summed E-state index contributed by atoms with van der Waals surface area (Å²) < 4.78 is 0. The summed E-state index contributed by atoms with van der Waals surface area (Å²) in [5.74, 6) is 0.0502. The topological polar surface area (TPSA) is 82.5 Å². The number of rotatable bonds is 3. The number of thiazole rings is 1. The summed E-state index contributed by atoms with van der Waals surface area (Å²) in [5, 5.41) is 10.9. The van der Waals surface area contributed by atoms with Gasteiger partial charge in [-0.15, -0.1) is 0 Å². The molecule has 0 radical (unpaired) electrons. The van der Waals surface area contributed by atoms with Crippen molar-refractivity contribution in [1.82, 2.24) is 15.0 Å². The standard InChI is InChI=1S/C18H15N5O2S/c24-17(25)15-5-19-18(26-15)23-8-11-6-22(7-12(11)9-23)16-13-3-1-2-4-14(13)20-10-21-16/h1-5,10H,6-9H2,(H,24,25). The molecular formula is C18H15N5O2S. The van der Waals surface area contributed by atoms with Crippen LogP contribution < -0.4 is 9.80 Å². The summed E-state index contributed by atoms with van der Waals surface area (Å²) in [6, 6.07) is 8.06. The maximum atomic E-state index is 11.1. The van der Waals surface area contributed by atoms with Crippen LogP contribution in [0.5, 0.6) is 0 Å². The number of benzene rings is 1. The smallest absolute Gasteiger partial charge is 0.347 e. The molecule has 0 atom stereocenters. The molecule has 5 rings (SSSR count). The predicted octanol–water partition coefficient (Wildman–Crippen LogP) is 2.42. The summed E-state index contributed by atoms with van der Waals surface area (Å²) in [6.45, 7) is 3.26. The van der Waals surface area contributed by atoms with Crippen molar-refractivity contribution in [3.63, 3.8) is 0 Å². The van der Waals surface area contributed by atoms with Gasteiger partial charge >= 0.3 is 5.97 Å². The van der Waals surface area contributed by atoms with Gasteiger partial charge in [-0.25, -0.2) is 19.7 Å². The van der Waals surface area contributed by atoms with E-state index in [0.29, 0.717) is 0 Å². The number of carboxylic acids is 1. The van der Waals surface area contributed by atoms with E-state index in [0.717, 1.165) is 48.0 Å². The number of para-hydroxylation sites is 1. The Morgan fingerprint density at radius 3 is 2.46 bits per heavy atom. The van der Waals surface area contributed by atoms with Crippen molar-refractivity contribution >= 4 is 39.2 Å². The van der Waals surface area contributed by atoms with Crippen LogP contribution in [-0.2, 0) is 0 Å². The number of carbonyl (C=O) groups is 1. The average molecular weight is 365 g/mol. The lowest BCUT2D eigenvalue weighted by Gasteiger charge is -2.24. The predicted molar refractivity (Wildman–Crippen MR) is 100 cm³/mol. The zero-order chi connectivity index (χ0) is 17.7. The first-order valence-corrected chi connectivity index (χ1v) is 9.09. The molecule has 4 heterocycles. The lowest BCUT2D eigenvalue weighted by molar-refractivity contribution is 0.0702. The minimum Gasteiger partial charge on any atom is -0.477 e. The second-order valence-electron chi connectivity index (χ2n) is 6.45. The van der Waals surface area contributed by atoms with Gasteiger partial charge in [0.15, 0.2) is 5.13 Å². The SMILES string of the molecule is O=C(O)c1cnc(N2CC3=C(C2)CN(c2ncnc4ccccc24)C3)s1. The van der Waals surface area contributed by atoms with Crippen molar-refractivity contribution in [1.29, 1.82) is 0 Å². The highest BCUT2D eigenvalue weighted by molar-refractivity contribution is 7.17. The highest BCUT2D eigenvalue weighted by Gasteiger charge is 2.32. The third-order valence-corrected chi connectivity index (χ3v) is 5.87. The van der Waals surface area contributed by atoms with Crippen LogP contribution in [0.2, 0.25) is 0 Å². The van der Waals surface area contributed by atoms with Gasteiger partial charge in [0, 0.05) is 31.6 Å². The Balaban J connectivity index is 1.35. The summed E-state index contributed by atoms with van der Waals surface area (Å²) >= 11 is 1.23. The van der Waals surface area contributed by atoms with Crippen molar-refractivity contribution in [3.05, 3.63) is 52.8 Å². The van der Waals surface area contributed by atoms with E-state index < -0.39 is 5.97 Å². The first-order valence-electron chi connectivity index (χ1n) is 8.27. The quantitative estimate of drug-likeness (QED) is 0.714. The van der Waals surface area contributed by atoms with E-state index in [2.05, 4.69) is 30.8 Å². The Hall–Kier alpha value is -3.00. The average Bonchev–Trinajstić information content (AvgIpc) is 3.35. The number of aromatic carboxylic acids is 1. The molecular weight excluding hydrogens is 350 g/mol. The van der Waals surface area contributed by atoms with E-state index in [1.165, 1.54) is 28.7 Å². The van der Waals surface area contributed by atoms with Crippen molar-refractivity contribution in [2.24, 2.45) is 0 Å². The van der Waals surface area contributed by atoms with Gasteiger partial charge in [0.2, 0.25) is 0 Å². The van der Waals surface area contributed by atoms with Gasteiger partial charge in [-0.1, -0.05) is 23.5 Å². The molecule has 0 saturated carbocycles. The Morgan fingerprint density at radius 1 is 1.00 bits per heavy atom. The molecule has 1 aromatic carbocycles. The lowest BCUT2D eigenvalue weighted by atomic mass is 10.2. The first-order chi connectivity index (χ1) is 12.7. The van der Waals surface area contributed by atoms with Gasteiger partial charge in [0.05, 0.1) is 11.7 Å². The van der Waals surface area contributed by atoms with Crippen LogP contribution in [-0.4, -0.2) is 52.2 Å². The maximum absolute atomic E-state index is 11.1. The van der Waals surface area contributed by atoms with Gasteiger partial charge in [-0.2, -0.15) is 0 Å². The molecule has 0 unspecified atom stereocenters. The second kappa shape index (κ2) is 5.77. The van der Waals surface area contributed by atoms with Crippen molar-refractivity contribution in [2.75, 3.05) is 36.0 Å².